The summed E-state index contributed by atoms with van der Waals surface area (Å²) < 4.78 is 81.9. The Morgan fingerprint density at radius 2 is 1.37 bits per heavy atom. The number of ketones is 3. The van der Waals surface area contributed by atoms with E-state index in [1.54, 1.807) is 27.0 Å². The molecule has 37 heteroatoms. The fourth-order valence-corrected chi connectivity index (χ4v) is 16.9. The number of amides is 4. The Morgan fingerprint density at radius 3 is 2.06 bits per heavy atom. The van der Waals surface area contributed by atoms with E-state index in [2.05, 4.69) is 37.7 Å². The number of aromatic nitrogens is 5. The second kappa shape index (κ2) is 52.7. The van der Waals surface area contributed by atoms with E-state index in [1.807, 2.05) is 72.0 Å². The lowest BCUT2D eigenvalue weighted by molar-refractivity contribution is -0.245. The molecule has 2 bridgehead atoms. The highest BCUT2D eigenvalue weighted by atomic mass is 16.6. The Balaban J connectivity index is 0.529. The minimum atomic E-state index is -2.47. The van der Waals surface area contributed by atoms with Gasteiger partial charge in [0.05, 0.1) is 142 Å². The largest absolute Gasteiger partial charge is 0.459 e. The van der Waals surface area contributed by atoms with Crippen molar-refractivity contribution in [1.82, 2.24) is 45.2 Å². The third-order valence-electron chi connectivity index (χ3n) is 24.2. The van der Waals surface area contributed by atoms with E-state index < -0.39 is 114 Å². The lowest BCUT2D eigenvalue weighted by Gasteiger charge is -2.40. The van der Waals surface area contributed by atoms with E-state index in [-0.39, 0.29) is 120 Å². The summed E-state index contributed by atoms with van der Waals surface area (Å²) in [7, 11) is 3.05. The van der Waals surface area contributed by atoms with Crippen LogP contribution in [0.1, 0.15) is 148 Å². The van der Waals surface area contributed by atoms with Gasteiger partial charge in [0.15, 0.2) is 17.0 Å². The van der Waals surface area contributed by atoms with Crippen molar-refractivity contribution in [2.24, 2.45) is 29.4 Å². The first-order valence-electron chi connectivity index (χ1n) is 45.5. The number of anilines is 2. The van der Waals surface area contributed by atoms with Gasteiger partial charge in [-0.1, -0.05) is 75.4 Å². The molecule has 14 atom stereocenters. The predicted molar refractivity (Wildman–Crippen MR) is 477 cm³/mol. The molecular formula is C93H134N12O25. The number of hydrogen-bond donors (Lipinski definition) is 8. The van der Waals surface area contributed by atoms with Crippen LogP contribution in [0.4, 0.5) is 16.6 Å². The number of carbonyl (C=O) groups excluding carboxylic acids is 8. The zero-order chi connectivity index (χ0) is 93.1. The minimum Gasteiger partial charge on any atom is -0.459 e. The summed E-state index contributed by atoms with van der Waals surface area (Å²) in [5, 5.41) is 45.4. The average molecular weight is 1820 g/mol. The Hall–Kier alpha value is -9.42. The van der Waals surface area contributed by atoms with Gasteiger partial charge in [0, 0.05) is 96.1 Å². The maximum atomic E-state index is 14.6. The molecule has 37 nitrogen and oxygen atoms in total. The summed E-state index contributed by atoms with van der Waals surface area (Å²) in [6, 6.07) is 9.63. The van der Waals surface area contributed by atoms with Gasteiger partial charge in [-0.2, -0.15) is 10.1 Å². The van der Waals surface area contributed by atoms with Crippen molar-refractivity contribution in [2.75, 3.05) is 158 Å². The number of ether oxygens (including phenoxy) is 13. The number of nitrogens with one attached hydrogen (secondary N) is 2. The highest BCUT2D eigenvalue weighted by Gasteiger charge is 2.50. The van der Waals surface area contributed by atoms with Gasteiger partial charge >= 0.3 is 12.1 Å². The molecule has 5 aliphatic rings. The van der Waals surface area contributed by atoms with Crippen LogP contribution in [0.2, 0.25) is 0 Å². The molecule has 130 heavy (non-hydrogen) atoms. The Kier molecular flexibility index (Phi) is 41.6. The number of fused-ring (bicyclic) bond motifs is 6. The zero-order valence-corrected chi connectivity index (χ0v) is 76.1. The van der Waals surface area contributed by atoms with Crippen molar-refractivity contribution in [3.05, 3.63) is 107 Å². The lowest BCUT2D eigenvalue weighted by Crippen LogP contribution is -2.58. The number of Topliss-reactive ketones (excluding diaryl/α,β-unsaturated/α-hetero) is 3. The van der Waals surface area contributed by atoms with Crippen LogP contribution in [-0.4, -0.2) is 304 Å². The molecule has 3 fully saturated rings. The summed E-state index contributed by atoms with van der Waals surface area (Å²) in [5.41, 5.74) is 26.6. The number of esters is 1. The molecule has 7 heterocycles. The fourth-order valence-electron chi connectivity index (χ4n) is 16.9. The summed E-state index contributed by atoms with van der Waals surface area (Å²) in [6.45, 7) is 15.6. The van der Waals surface area contributed by atoms with Crippen molar-refractivity contribution in [3.63, 3.8) is 0 Å². The van der Waals surface area contributed by atoms with Crippen LogP contribution in [0.5, 0.6) is 0 Å². The van der Waals surface area contributed by atoms with Crippen molar-refractivity contribution in [3.8, 4) is 11.3 Å². The van der Waals surface area contributed by atoms with Crippen LogP contribution < -0.4 is 27.8 Å². The highest BCUT2D eigenvalue weighted by Crippen LogP contribution is 2.38. The first-order chi connectivity index (χ1) is 62.7. The molecule has 0 spiro atoms. The van der Waals surface area contributed by atoms with Crippen LogP contribution in [0.3, 0.4) is 0 Å². The Labute approximate surface area is 758 Å². The van der Waals surface area contributed by atoms with Crippen LogP contribution in [-0.2, 0) is 115 Å². The Morgan fingerprint density at radius 1 is 0.692 bits per heavy atom. The number of allylic oxidation sites excluding steroid dienone is 6. The monoisotopic (exact) mass is 1820 g/mol. The first kappa shape index (κ1) is 103. The summed E-state index contributed by atoms with van der Waals surface area (Å²) in [6.07, 6.45) is 9.18. The summed E-state index contributed by atoms with van der Waals surface area (Å²) in [4.78, 5) is 126. The van der Waals surface area contributed by atoms with Gasteiger partial charge in [-0.25, -0.2) is 24.2 Å². The second-order valence-electron chi connectivity index (χ2n) is 34.0. The molecule has 4 amide bonds. The van der Waals surface area contributed by atoms with E-state index in [1.165, 1.54) is 32.0 Å². The van der Waals surface area contributed by atoms with Gasteiger partial charge in [0.2, 0.25) is 17.6 Å². The predicted octanol–water partition coefficient (Wildman–Crippen LogP) is 6.48. The molecule has 0 radical (unpaired) electrons. The summed E-state index contributed by atoms with van der Waals surface area (Å²) in [5.74, 6) is -8.33. The number of hydrogen-bond acceptors (Lipinski definition) is 32. The van der Waals surface area contributed by atoms with Gasteiger partial charge in [-0.15, -0.1) is 0 Å². The smallest absolute Gasteiger partial charge is 0.407 e. The van der Waals surface area contributed by atoms with Crippen LogP contribution in [0.15, 0.2) is 94.7 Å². The van der Waals surface area contributed by atoms with E-state index in [9.17, 15) is 53.7 Å². The lowest BCUT2D eigenvalue weighted by atomic mass is 9.80. The number of methoxy groups -OCH3 is 2. The molecule has 1 saturated carbocycles. The number of aliphatic hydroxyl groups is 3. The molecule has 5 aromatic rings. The number of piperidine rings is 1. The standard InChI is InChI=1S/C93H134N12O25/c1-59-14-9-8-10-15-60(2)76(117-6)54-69-16-13-27-93(116,130-69)86(112)89(113)104-30-12-11-17-72(104)90(114)127-77(55-73(106)61(3)49-63(5)84(110)85(111)83(109)62(4)48-59)70(94)51-64-19-22-75(78(52-64)118-7)129-92(115)98-29-35-122-39-43-126-46-44-123-40-36-119-32-25-79(107)97-28-34-121-38-42-125-47-45-124-41-37-120-33-26-80(108)103-31-24-66-50-65(18-20-68(66)57-103)56-105-88-81(87(95)99-58-100-88)82(102-105)67-21-23-74-71(53-67)101-91(96)128-74/h8-10,14-15,18,20-21,23,49-50,53,58-59,61-62,64,69-70,72,75-78,84-85,110-111,116H,11-13,16-17,19,22,24-48,51-52,54-57,94H2,1-7H3,(H2,96,101)(H,97,107)(H,98,115)(H2,95,99,100)/b10-8?,14-9+,60-15?,63-49+/t59-,61-,62-,64+,69+,70-,72+,75-,76+,77+,78-,84-,85+,93-/m1/s1. The van der Waals surface area contributed by atoms with Crippen molar-refractivity contribution in [2.45, 2.75) is 211 Å². The molecular weight excluding hydrogens is 1690 g/mol. The quantitative estimate of drug-likeness (QED) is 0.00902. The molecule has 3 aromatic heterocycles. The number of benzene rings is 2. The van der Waals surface area contributed by atoms with E-state index in [0.717, 1.165) is 33.6 Å². The van der Waals surface area contributed by atoms with Crippen molar-refractivity contribution >= 4 is 81.1 Å². The third-order valence-corrected chi connectivity index (χ3v) is 24.2. The highest BCUT2D eigenvalue weighted by molar-refractivity contribution is 6.39. The molecule has 716 valence electrons. The molecule has 10 rings (SSSR count). The molecule has 2 saturated heterocycles. The molecule has 11 N–H and O–H groups in total. The number of carbonyl (C=O) groups is 8. The van der Waals surface area contributed by atoms with E-state index in [4.69, 9.17) is 88.3 Å². The van der Waals surface area contributed by atoms with Crippen LogP contribution >= 0.6 is 0 Å². The Bertz CT molecular complexity index is 4630. The number of aliphatic hydroxyl groups excluding tert-OH is 2. The maximum Gasteiger partial charge on any atom is 0.407 e. The van der Waals surface area contributed by atoms with Crippen molar-refractivity contribution < 1.29 is 120 Å². The normalized spacial score (nSPS) is 25.4. The third kappa shape index (κ3) is 31.1. The van der Waals surface area contributed by atoms with Gasteiger partial charge in [-0.3, -0.25) is 28.8 Å². The first-order valence-corrected chi connectivity index (χ1v) is 45.5. The SMILES string of the molecule is CO[C@H]1C[C@@H]2CCC[C@@](O)(O2)C(=O)C(=O)N2CCCC[C@H]2C(=O)O[C@H]([C@H](N)C[C@@H]2CC[C@@H](OC(=O)NCCOCCOCCOCCOCCC(=O)NCCOCCOCCOCCOCCC(=O)N3CCc4cc(Cn5nc(-c6ccc7oc(N)nc7c6)c6c(N)ncnc65)ccc4C3)[C@H](OC)C2)CC(=O)[C@H](C)/C=C(\C)[C@@H](O)[C@@H](O)C(=O)[C@H](C)C[C@H](C)/C=C/C=CC=C1C. The fraction of sp³-hybridized carbons (Fsp3) is 0.634. The van der Waals surface area contributed by atoms with Crippen LogP contribution in [0, 0.1) is 23.7 Å². The van der Waals surface area contributed by atoms with Gasteiger partial charge in [0.1, 0.15) is 59.6 Å². The van der Waals surface area contributed by atoms with Crippen LogP contribution in [0.25, 0.3) is 33.4 Å². The number of rotatable bonds is 39. The van der Waals surface area contributed by atoms with E-state index >= 15 is 0 Å². The number of oxazole rings is 1. The number of alkyl carbamates (subject to hydrolysis) is 1. The van der Waals surface area contributed by atoms with Gasteiger partial charge in [-0.05, 0) is 142 Å². The van der Waals surface area contributed by atoms with Gasteiger partial charge in [0.25, 0.3) is 17.7 Å². The topological polar surface area (TPSA) is 495 Å². The number of nitrogen functional groups attached to an aromatic ring is 2. The molecule has 2 aromatic carbocycles. The van der Waals surface area contributed by atoms with Gasteiger partial charge < -0.3 is 119 Å². The maximum absolute atomic E-state index is 14.6. The van der Waals surface area contributed by atoms with Crippen molar-refractivity contribution in [1.29, 1.82) is 0 Å². The number of nitrogens with zero attached hydrogens (tertiary/aromatic N) is 7. The molecule has 1 aliphatic carbocycles. The minimum absolute atomic E-state index is 0.00104. The molecule has 0 unspecified atom stereocenters. The average Bonchev–Trinajstić information content (AvgIpc) is 1.63. The van der Waals surface area contributed by atoms with E-state index in [0.29, 0.717) is 184 Å². The zero-order valence-electron chi connectivity index (χ0n) is 76.1. The number of nitrogens with two attached hydrogens (primary N) is 3. The molecule has 4 aliphatic heterocycles. The number of cyclic esters (lactones) is 1. The summed E-state index contributed by atoms with van der Waals surface area (Å²) >= 11 is 0. The second-order valence-corrected chi connectivity index (χ2v) is 34.0.